The van der Waals surface area contributed by atoms with E-state index in [0.29, 0.717) is 16.9 Å². The number of carbonyl (C=O) groups is 2. The highest BCUT2D eigenvalue weighted by Crippen LogP contribution is 2.24. The van der Waals surface area contributed by atoms with Gasteiger partial charge in [-0.1, -0.05) is 0 Å². The van der Waals surface area contributed by atoms with E-state index in [1.807, 2.05) is 10.9 Å². The van der Waals surface area contributed by atoms with Crippen LogP contribution in [0.2, 0.25) is 0 Å². The summed E-state index contributed by atoms with van der Waals surface area (Å²) in [6.07, 6.45) is 2.95. The van der Waals surface area contributed by atoms with Crippen LogP contribution in [-0.2, 0) is 4.79 Å². The lowest BCUT2D eigenvalue weighted by Crippen LogP contribution is -3.18. The van der Waals surface area contributed by atoms with E-state index in [1.165, 1.54) is 44.4 Å². The van der Waals surface area contributed by atoms with Crippen molar-refractivity contribution in [3.8, 4) is 0 Å². The number of hydrogen-bond donors (Lipinski definition) is 2. The Bertz CT molecular complexity index is 940. The van der Waals surface area contributed by atoms with E-state index in [4.69, 9.17) is 15.6 Å². The van der Waals surface area contributed by atoms with Crippen molar-refractivity contribution >= 4 is 22.8 Å². The number of likely N-dealkylation sites (tertiary alicyclic amines) is 1. The molecule has 2 fully saturated rings. The highest BCUT2D eigenvalue weighted by molar-refractivity contribution is 6.04. The zero-order valence-corrected chi connectivity index (χ0v) is 16.0. The van der Waals surface area contributed by atoms with Crippen LogP contribution in [0.15, 0.2) is 18.3 Å². The van der Waals surface area contributed by atoms with Crippen molar-refractivity contribution in [2.24, 2.45) is 5.73 Å². The fourth-order valence-corrected chi connectivity index (χ4v) is 3.98. The predicted octanol–water partition coefficient (Wildman–Crippen LogP) is 0.345. The molecule has 30 heavy (non-hydrogen) atoms. The maximum Gasteiger partial charge on any atom is 0.430 e. The van der Waals surface area contributed by atoms with Gasteiger partial charge in [-0.3, -0.25) is 9.48 Å². The van der Waals surface area contributed by atoms with E-state index in [0.717, 1.165) is 19.0 Å². The number of amides is 1. The first kappa shape index (κ1) is 22.0. The maximum atomic E-state index is 13.7. The van der Waals surface area contributed by atoms with Gasteiger partial charge in [-0.05, 0) is 44.2 Å². The van der Waals surface area contributed by atoms with Crippen LogP contribution in [0, 0.1) is 5.82 Å². The molecule has 4 rings (SSSR count). The summed E-state index contributed by atoms with van der Waals surface area (Å²) in [6.45, 7) is 2.30. The fraction of sp³-hybridized carbons (Fsp3) is 0.526. The summed E-state index contributed by atoms with van der Waals surface area (Å²) in [5, 5.41) is 14.0. The Morgan fingerprint density at radius 2 is 1.87 bits per heavy atom. The van der Waals surface area contributed by atoms with Crippen LogP contribution >= 0.6 is 0 Å². The number of carboxylic acids is 1. The van der Waals surface area contributed by atoms with Crippen molar-refractivity contribution in [3.63, 3.8) is 0 Å². The lowest BCUT2D eigenvalue weighted by Gasteiger charge is -2.39. The molecule has 2 aliphatic rings. The van der Waals surface area contributed by atoms with Gasteiger partial charge in [0, 0.05) is 11.6 Å². The third-order valence-electron chi connectivity index (χ3n) is 5.68. The highest BCUT2D eigenvalue weighted by atomic mass is 19.4. The van der Waals surface area contributed by atoms with Gasteiger partial charge in [0.05, 0.1) is 18.2 Å². The normalized spacial score (nSPS) is 22.1. The molecule has 0 bridgehead atoms. The first-order valence-corrected chi connectivity index (χ1v) is 9.67. The number of aliphatic carboxylic acids is 1. The number of piperidine rings is 1. The summed E-state index contributed by atoms with van der Waals surface area (Å²) in [6, 6.07) is 3.72. The quantitative estimate of drug-likeness (QED) is 0.686. The van der Waals surface area contributed by atoms with Gasteiger partial charge in [0.2, 0.25) is 0 Å². The topological polar surface area (TPSA) is 105 Å². The molecule has 2 heterocycles. The molecule has 0 spiro atoms. The molecule has 7 nitrogen and oxygen atoms in total. The average Bonchev–Trinajstić information content (AvgIpc) is 3.03. The Morgan fingerprint density at radius 1 is 1.20 bits per heavy atom. The molecule has 3 N–H and O–H groups in total. The van der Waals surface area contributed by atoms with Crippen molar-refractivity contribution in [2.75, 3.05) is 13.1 Å². The third kappa shape index (κ3) is 4.89. The number of halogens is 4. The third-order valence-corrected chi connectivity index (χ3v) is 5.68. The van der Waals surface area contributed by atoms with Gasteiger partial charge in [0.15, 0.2) is 0 Å². The van der Waals surface area contributed by atoms with E-state index in [1.54, 1.807) is 4.90 Å². The van der Waals surface area contributed by atoms with Gasteiger partial charge >= 0.3 is 6.18 Å². The monoisotopic (exact) mass is 430 g/mol. The number of carbonyl (C=O) groups excluding carboxylic acids is 2. The molecule has 1 saturated carbocycles. The number of carboxylic acid groups (broad SMARTS) is 1. The van der Waals surface area contributed by atoms with Crippen molar-refractivity contribution in [3.05, 3.63) is 29.7 Å². The number of nitrogens with zero attached hydrogens (tertiary/aromatic N) is 2. The smallest absolute Gasteiger partial charge is 0.430 e. The Kier molecular flexibility index (Phi) is 6.30. The van der Waals surface area contributed by atoms with Crippen LogP contribution in [0.25, 0.3) is 10.9 Å². The van der Waals surface area contributed by atoms with Gasteiger partial charge in [0.1, 0.15) is 29.9 Å². The number of aromatic nitrogens is 2. The van der Waals surface area contributed by atoms with Gasteiger partial charge in [-0.2, -0.15) is 18.3 Å². The lowest BCUT2D eigenvalue weighted by atomic mass is 9.89. The Morgan fingerprint density at radius 3 is 2.40 bits per heavy atom. The first-order chi connectivity index (χ1) is 14.1. The van der Waals surface area contributed by atoms with Crippen LogP contribution in [0.1, 0.15) is 48.5 Å². The molecule has 2 atom stereocenters. The maximum absolute atomic E-state index is 13.7. The number of quaternary nitrogens is 1. The van der Waals surface area contributed by atoms with Crippen molar-refractivity contribution in [1.82, 2.24) is 9.78 Å². The molecule has 164 valence electrons. The molecule has 11 heteroatoms. The van der Waals surface area contributed by atoms with Crippen LogP contribution in [0.4, 0.5) is 17.6 Å². The lowest BCUT2D eigenvalue weighted by molar-refractivity contribution is -0.938. The molecule has 1 saturated heterocycles. The molecule has 1 aromatic heterocycles. The van der Waals surface area contributed by atoms with Gasteiger partial charge in [-0.15, -0.1) is 0 Å². The minimum absolute atomic E-state index is 0.165. The van der Waals surface area contributed by atoms with Crippen LogP contribution in [0.3, 0.4) is 0 Å². The van der Waals surface area contributed by atoms with E-state index >= 15 is 0 Å². The summed E-state index contributed by atoms with van der Waals surface area (Å²) >= 11 is 0. The van der Waals surface area contributed by atoms with Gasteiger partial charge in [-0.25, -0.2) is 4.39 Å². The van der Waals surface area contributed by atoms with Gasteiger partial charge in [0.25, 0.3) is 5.91 Å². The molecule has 2 aromatic rings. The number of benzene rings is 1. The summed E-state index contributed by atoms with van der Waals surface area (Å²) < 4.78 is 47.2. The number of nitrogens with one attached hydrogen (secondary N) is 1. The first-order valence-electron chi connectivity index (χ1n) is 9.67. The number of primary amides is 1. The van der Waals surface area contributed by atoms with Gasteiger partial charge < -0.3 is 20.5 Å². The molecule has 1 aromatic carbocycles. The van der Waals surface area contributed by atoms with Crippen molar-refractivity contribution in [1.29, 1.82) is 0 Å². The largest absolute Gasteiger partial charge is 0.542 e. The molecule has 0 radical (unpaired) electrons. The SMILES string of the molecule is NC(=O)c1cc(F)cc2cn(C3CCC[NH+](C4CCC4)C3)nc12.O=C([O-])C(F)(F)F. The van der Waals surface area contributed by atoms with Crippen LogP contribution in [-0.4, -0.2) is 47.0 Å². The Labute approximate surface area is 169 Å². The molecule has 2 unspecified atom stereocenters. The van der Waals surface area contributed by atoms with E-state index in [2.05, 4.69) is 5.10 Å². The number of hydrogen-bond acceptors (Lipinski definition) is 4. The fourth-order valence-electron chi connectivity index (χ4n) is 3.98. The second-order valence-electron chi connectivity index (χ2n) is 7.69. The zero-order chi connectivity index (χ0) is 22.1. The molecular weight excluding hydrogens is 408 g/mol. The predicted molar refractivity (Wildman–Crippen MR) is 95.9 cm³/mol. The van der Waals surface area contributed by atoms with Crippen molar-refractivity contribution < 1.29 is 37.2 Å². The minimum Gasteiger partial charge on any atom is -0.542 e. The number of rotatable bonds is 3. The van der Waals surface area contributed by atoms with E-state index in [9.17, 15) is 22.4 Å². The zero-order valence-electron chi connectivity index (χ0n) is 16.0. The Balaban J connectivity index is 0.000000318. The molecule has 1 aliphatic carbocycles. The number of nitrogens with two attached hydrogens (primary N) is 1. The standard InChI is InChI=1S/C17H21FN4O.C2HF3O2/c18-12-7-11-9-22(20-16(11)15(8-12)17(19)23)14-5-2-6-21(10-14)13-3-1-4-13;3-2(4,5)1(6)7/h7-9,13-14H,1-6,10H2,(H2,19,23);(H,6,7). The summed E-state index contributed by atoms with van der Waals surface area (Å²) in [7, 11) is 0. The van der Waals surface area contributed by atoms with Crippen LogP contribution < -0.4 is 15.7 Å². The van der Waals surface area contributed by atoms with E-state index in [-0.39, 0.29) is 5.56 Å². The minimum atomic E-state index is -5.19. The highest BCUT2D eigenvalue weighted by Gasteiger charge is 2.34. The molecular formula is C19H22F4N4O3. The van der Waals surface area contributed by atoms with Crippen molar-refractivity contribution in [2.45, 2.75) is 50.4 Å². The summed E-state index contributed by atoms with van der Waals surface area (Å²) in [5.41, 5.74) is 6.04. The van der Waals surface area contributed by atoms with E-state index < -0.39 is 23.9 Å². The Hall–Kier alpha value is -2.69. The van der Waals surface area contributed by atoms with Crippen LogP contribution in [0.5, 0.6) is 0 Å². The number of fused-ring (bicyclic) bond motifs is 1. The summed E-state index contributed by atoms with van der Waals surface area (Å²) in [5.74, 6) is -4.09. The second-order valence-corrected chi connectivity index (χ2v) is 7.69. The molecule has 1 aliphatic heterocycles. The average molecular weight is 430 g/mol. The summed E-state index contributed by atoms with van der Waals surface area (Å²) in [4.78, 5) is 22.0. The number of alkyl halides is 3. The molecule has 1 amide bonds. The second kappa shape index (κ2) is 8.58.